The Morgan fingerprint density at radius 1 is 1.43 bits per heavy atom. The number of amides is 1. The van der Waals surface area contributed by atoms with Crippen LogP contribution in [0.15, 0.2) is 12.3 Å². The van der Waals surface area contributed by atoms with Crippen LogP contribution in [0.1, 0.15) is 23.1 Å². The van der Waals surface area contributed by atoms with Gasteiger partial charge in [0.15, 0.2) is 5.69 Å². The van der Waals surface area contributed by atoms with Gasteiger partial charge in [0.1, 0.15) is 12.4 Å². The lowest BCUT2D eigenvalue weighted by Crippen LogP contribution is -2.21. The van der Waals surface area contributed by atoms with Crippen molar-refractivity contribution in [3.63, 3.8) is 0 Å². The van der Waals surface area contributed by atoms with Gasteiger partial charge in [-0.05, 0) is 13.8 Å². The molecule has 2 aromatic rings. The van der Waals surface area contributed by atoms with Gasteiger partial charge in [-0.3, -0.25) is 14.2 Å². The molecule has 9 heteroatoms. The van der Waals surface area contributed by atoms with Crippen LogP contribution in [-0.4, -0.2) is 36.5 Å². The van der Waals surface area contributed by atoms with E-state index in [0.717, 1.165) is 5.69 Å². The van der Waals surface area contributed by atoms with Gasteiger partial charge in [-0.1, -0.05) is 0 Å². The van der Waals surface area contributed by atoms with Gasteiger partial charge >= 0.3 is 5.97 Å². The molecule has 0 unspecified atom stereocenters. The average Bonchev–Trinajstić information content (AvgIpc) is 2.93. The molecule has 2 aromatic heterocycles. The smallest absolute Gasteiger partial charge is 0.358 e. The molecule has 2 rings (SSSR count). The van der Waals surface area contributed by atoms with E-state index >= 15 is 0 Å². The van der Waals surface area contributed by atoms with Crippen LogP contribution in [0.4, 0.5) is 11.5 Å². The maximum Gasteiger partial charge on any atom is 0.358 e. The summed E-state index contributed by atoms with van der Waals surface area (Å²) >= 11 is 0. The summed E-state index contributed by atoms with van der Waals surface area (Å²) in [6.45, 7) is 4.04. The van der Waals surface area contributed by atoms with Crippen molar-refractivity contribution in [2.45, 2.75) is 26.9 Å². The standard InChI is InChI=1S/C12H16N6O3/c1-3-17-5-8(11(16-17)12(20)21)14-10(19)6-18-7(2)4-9(13)15-18/h4-5H,3,6H2,1-2H3,(H2,13,15)(H,14,19)(H,20,21). The summed E-state index contributed by atoms with van der Waals surface area (Å²) in [5.41, 5.74) is 6.25. The maximum absolute atomic E-state index is 12.0. The molecule has 0 radical (unpaired) electrons. The lowest BCUT2D eigenvalue weighted by Gasteiger charge is -2.05. The number of aromatic carboxylic acids is 1. The lowest BCUT2D eigenvalue weighted by molar-refractivity contribution is -0.116. The molecule has 1 amide bonds. The molecule has 0 aromatic carbocycles. The molecule has 21 heavy (non-hydrogen) atoms. The van der Waals surface area contributed by atoms with Gasteiger partial charge in [-0.15, -0.1) is 0 Å². The first-order valence-corrected chi connectivity index (χ1v) is 6.31. The minimum Gasteiger partial charge on any atom is -0.476 e. The fourth-order valence-corrected chi connectivity index (χ4v) is 1.85. The largest absolute Gasteiger partial charge is 0.476 e. The number of nitrogens with two attached hydrogens (primary N) is 1. The molecule has 0 saturated carbocycles. The van der Waals surface area contributed by atoms with E-state index in [0.29, 0.717) is 12.4 Å². The Hall–Kier alpha value is -2.84. The van der Waals surface area contributed by atoms with Crippen molar-refractivity contribution < 1.29 is 14.7 Å². The Kier molecular flexibility index (Phi) is 3.92. The lowest BCUT2D eigenvalue weighted by atomic mass is 10.3. The zero-order valence-electron chi connectivity index (χ0n) is 11.7. The number of nitrogen functional groups attached to an aromatic ring is 1. The van der Waals surface area contributed by atoms with Crippen molar-refractivity contribution in [2.24, 2.45) is 0 Å². The van der Waals surface area contributed by atoms with Crippen LogP contribution in [0.3, 0.4) is 0 Å². The number of aryl methyl sites for hydroxylation is 2. The molecule has 0 aliphatic carbocycles. The number of hydrogen-bond donors (Lipinski definition) is 3. The van der Waals surface area contributed by atoms with Gasteiger partial charge in [0.05, 0.1) is 5.69 Å². The number of nitrogens with one attached hydrogen (secondary N) is 1. The van der Waals surface area contributed by atoms with Gasteiger partial charge in [0.25, 0.3) is 0 Å². The second-order valence-corrected chi connectivity index (χ2v) is 4.47. The first-order valence-electron chi connectivity index (χ1n) is 6.31. The Labute approximate surface area is 120 Å². The molecule has 0 aliphatic heterocycles. The highest BCUT2D eigenvalue weighted by atomic mass is 16.4. The summed E-state index contributed by atoms with van der Waals surface area (Å²) in [7, 11) is 0. The highest BCUT2D eigenvalue weighted by molar-refractivity contribution is 5.98. The molecule has 9 nitrogen and oxygen atoms in total. The summed E-state index contributed by atoms with van der Waals surface area (Å²) in [4.78, 5) is 23.1. The zero-order chi connectivity index (χ0) is 15.6. The van der Waals surface area contributed by atoms with E-state index in [-0.39, 0.29) is 17.9 Å². The van der Waals surface area contributed by atoms with Crippen molar-refractivity contribution in [1.82, 2.24) is 19.6 Å². The van der Waals surface area contributed by atoms with Crippen molar-refractivity contribution in [2.75, 3.05) is 11.1 Å². The molecule has 4 N–H and O–H groups in total. The van der Waals surface area contributed by atoms with E-state index in [9.17, 15) is 9.59 Å². The summed E-state index contributed by atoms with van der Waals surface area (Å²) in [5.74, 6) is -1.28. The summed E-state index contributed by atoms with van der Waals surface area (Å²) < 4.78 is 2.88. The average molecular weight is 292 g/mol. The molecule has 0 atom stereocenters. The van der Waals surface area contributed by atoms with Crippen molar-refractivity contribution >= 4 is 23.4 Å². The highest BCUT2D eigenvalue weighted by Gasteiger charge is 2.18. The van der Waals surface area contributed by atoms with Crippen LogP contribution in [0.25, 0.3) is 0 Å². The van der Waals surface area contributed by atoms with E-state index in [1.807, 2.05) is 6.92 Å². The summed E-state index contributed by atoms with van der Waals surface area (Å²) in [6, 6.07) is 1.64. The number of aromatic nitrogens is 4. The summed E-state index contributed by atoms with van der Waals surface area (Å²) in [6.07, 6.45) is 1.48. The number of carbonyl (C=O) groups excluding carboxylic acids is 1. The van der Waals surface area contributed by atoms with Crippen LogP contribution in [0.5, 0.6) is 0 Å². The third-order valence-electron chi connectivity index (χ3n) is 2.86. The predicted molar refractivity (Wildman–Crippen MR) is 74.9 cm³/mol. The normalized spacial score (nSPS) is 10.6. The van der Waals surface area contributed by atoms with Gasteiger partial charge in [-0.25, -0.2) is 4.79 Å². The van der Waals surface area contributed by atoms with Crippen LogP contribution in [0.2, 0.25) is 0 Å². The van der Waals surface area contributed by atoms with E-state index in [1.54, 1.807) is 13.0 Å². The van der Waals surface area contributed by atoms with E-state index < -0.39 is 11.9 Å². The molecule has 0 spiro atoms. The number of carboxylic acids is 1. The quantitative estimate of drug-likeness (QED) is 0.728. The zero-order valence-corrected chi connectivity index (χ0v) is 11.7. The highest BCUT2D eigenvalue weighted by Crippen LogP contribution is 2.14. The Balaban J connectivity index is 2.14. The third kappa shape index (κ3) is 3.19. The number of carboxylic acid groups (broad SMARTS) is 1. The molecular weight excluding hydrogens is 276 g/mol. The van der Waals surface area contributed by atoms with E-state index in [2.05, 4.69) is 15.5 Å². The third-order valence-corrected chi connectivity index (χ3v) is 2.86. The minimum atomic E-state index is -1.20. The Morgan fingerprint density at radius 3 is 2.67 bits per heavy atom. The summed E-state index contributed by atoms with van der Waals surface area (Å²) in [5, 5.41) is 19.4. The number of anilines is 2. The van der Waals surface area contributed by atoms with Gasteiger partial charge in [0.2, 0.25) is 5.91 Å². The molecular formula is C12H16N6O3. The van der Waals surface area contributed by atoms with Gasteiger partial charge in [-0.2, -0.15) is 10.2 Å². The first-order chi connectivity index (χ1) is 9.90. The second-order valence-electron chi connectivity index (χ2n) is 4.47. The molecule has 0 saturated heterocycles. The second kappa shape index (κ2) is 5.65. The first kappa shape index (κ1) is 14.6. The SMILES string of the molecule is CCn1cc(NC(=O)Cn2nc(N)cc2C)c(C(=O)O)n1. The Bertz CT molecular complexity index is 687. The Morgan fingerprint density at radius 2 is 2.14 bits per heavy atom. The van der Waals surface area contributed by atoms with Crippen molar-refractivity contribution in [3.05, 3.63) is 23.7 Å². The van der Waals surface area contributed by atoms with Gasteiger partial charge in [0, 0.05) is 24.5 Å². The molecule has 0 aliphatic rings. The number of nitrogens with zero attached hydrogens (tertiary/aromatic N) is 4. The molecule has 112 valence electrons. The fourth-order valence-electron chi connectivity index (χ4n) is 1.85. The van der Waals surface area contributed by atoms with Crippen molar-refractivity contribution in [1.29, 1.82) is 0 Å². The van der Waals surface area contributed by atoms with Crippen LogP contribution < -0.4 is 11.1 Å². The van der Waals surface area contributed by atoms with E-state index in [1.165, 1.54) is 15.6 Å². The monoisotopic (exact) mass is 292 g/mol. The van der Waals surface area contributed by atoms with E-state index in [4.69, 9.17) is 10.8 Å². The predicted octanol–water partition coefficient (Wildman–Crippen LogP) is 0.327. The number of carbonyl (C=O) groups is 2. The van der Waals surface area contributed by atoms with Crippen molar-refractivity contribution in [3.8, 4) is 0 Å². The molecule has 0 bridgehead atoms. The fraction of sp³-hybridized carbons (Fsp3) is 0.333. The number of rotatable bonds is 5. The van der Waals surface area contributed by atoms with Gasteiger partial charge < -0.3 is 16.2 Å². The van der Waals surface area contributed by atoms with Crippen LogP contribution in [-0.2, 0) is 17.9 Å². The topological polar surface area (TPSA) is 128 Å². The minimum absolute atomic E-state index is 0.0562. The molecule has 2 heterocycles. The number of hydrogen-bond acceptors (Lipinski definition) is 5. The van der Waals surface area contributed by atoms with Crippen LogP contribution in [0, 0.1) is 6.92 Å². The van der Waals surface area contributed by atoms with Crippen LogP contribution >= 0.6 is 0 Å². The molecule has 0 fully saturated rings. The maximum atomic E-state index is 12.0.